The Morgan fingerprint density at radius 1 is 1.00 bits per heavy atom. The third kappa shape index (κ3) is 4.25. The van der Waals surface area contributed by atoms with Crippen molar-refractivity contribution < 1.29 is 13.9 Å². The zero-order valence-corrected chi connectivity index (χ0v) is 16.2. The fourth-order valence-electron chi connectivity index (χ4n) is 2.72. The minimum Gasteiger partial charge on any atom is -0.496 e. The second-order valence-corrected chi connectivity index (χ2v) is 6.20. The van der Waals surface area contributed by atoms with Crippen molar-refractivity contribution in [3.05, 3.63) is 78.5 Å². The van der Waals surface area contributed by atoms with Gasteiger partial charge in [0.2, 0.25) is 11.7 Å². The minimum atomic E-state index is -0.390. The van der Waals surface area contributed by atoms with E-state index in [2.05, 4.69) is 31.9 Å². The molecule has 3 aromatic heterocycles. The molecule has 0 radical (unpaired) electrons. The maximum Gasteiger partial charge on any atom is 0.227 e. The summed E-state index contributed by atoms with van der Waals surface area (Å²) in [6, 6.07) is 7.86. The molecule has 0 fully saturated rings. The first-order valence-corrected chi connectivity index (χ1v) is 8.92. The smallest absolute Gasteiger partial charge is 0.227 e. The van der Waals surface area contributed by atoms with Crippen molar-refractivity contribution in [2.75, 3.05) is 7.11 Å². The summed E-state index contributed by atoms with van der Waals surface area (Å²) in [4.78, 5) is 12.7. The number of methoxy groups -OCH3 is 1. The molecule has 0 saturated carbocycles. The van der Waals surface area contributed by atoms with E-state index in [0.29, 0.717) is 34.3 Å². The van der Waals surface area contributed by atoms with Crippen LogP contribution in [0.4, 0.5) is 4.39 Å². The van der Waals surface area contributed by atoms with Gasteiger partial charge in [0.05, 0.1) is 31.3 Å². The number of halogens is 1. The number of hydrogen-bond donors (Lipinski definition) is 0. The molecule has 0 amide bonds. The Hall–Kier alpha value is -4.25. The van der Waals surface area contributed by atoms with Gasteiger partial charge in [0, 0.05) is 36.6 Å². The van der Waals surface area contributed by atoms with Crippen LogP contribution in [0.3, 0.4) is 0 Å². The number of pyridine rings is 1. The lowest BCUT2D eigenvalue weighted by atomic mass is 10.1. The Bertz CT molecular complexity index is 1240. The van der Waals surface area contributed by atoms with Gasteiger partial charge in [-0.05, 0) is 30.2 Å². The first kappa shape index (κ1) is 19.1. The lowest BCUT2D eigenvalue weighted by Gasteiger charge is -2.12. The van der Waals surface area contributed by atoms with Crippen molar-refractivity contribution in [2.45, 2.75) is 0 Å². The highest BCUT2D eigenvalue weighted by molar-refractivity contribution is 5.74. The summed E-state index contributed by atoms with van der Waals surface area (Å²) in [5.41, 5.74) is 2.07. The van der Waals surface area contributed by atoms with E-state index in [1.807, 2.05) is 13.1 Å². The maximum absolute atomic E-state index is 13.5. The van der Waals surface area contributed by atoms with Gasteiger partial charge in [-0.15, -0.1) is 0 Å². The molecular weight excluding hydrogens is 385 g/mol. The molecule has 30 heavy (non-hydrogen) atoms. The van der Waals surface area contributed by atoms with E-state index in [0.717, 1.165) is 5.56 Å². The second kappa shape index (κ2) is 8.41. The summed E-state index contributed by atoms with van der Waals surface area (Å²) < 4.78 is 26.4. The Kier molecular flexibility index (Phi) is 5.35. The number of hydrogen-bond acceptors (Lipinski definition) is 6. The monoisotopic (exact) mass is 401 g/mol. The molecule has 0 spiro atoms. The average molecular weight is 401 g/mol. The van der Waals surface area contributed by atoms with Crippen molar-refractivity contribution in [3.63, 3.8) is 0 Å². The summed E-state index contributed by atoms with van der Waals surface area (Å²) in [5.74, 6) is 6.87. The number of benzene rings is 1. The van der Waals surface area contributed by atoms with E-state index in [-0.39, 0.29) is 0 Å². The van der Waals surface area contributed by atoms with E-state index in [1.54, 1.807) is 35.4 Å². The second-order valence-electron chi connectivity index (χ2n) is 6.20. The van der Waals surface area contributed by atoms with E-state index in [1.165, 1.54) is 31.6 Å². The van der Waals surface area contributed by atoms with Crippen molar-refractivity contribution in [1.82, 2.24) is 24.7 Å². The Labute approximate surface area is 172 Å². The molecule has 8 heteroatoms. The predicted molar refractivity (Wildman–Crippen MR) is 107 cm³/mol. The van der Waals surface area contributed by atoms with Gasteiger partial charge in [-0.25, -0.2) is 19.3 Å². The Balaban J connectivity index is 1.58. The lowest BCUT2D eigenvalue weighted by molar-refractivity contribution is 0.412. The van der Waals surface area contributed by atoms with Gasteiger partial charge >= 0.3 is 0 Å². The number of aryl methyl sites for hydroxylation is 1. The quantitative estimate of drug-likeness (QED) is 0.487. The molecule has 148 valence electrons. The van der Waals surface area contributed by atoms with Crippen LogP contribution in [0, 0.1) is 17.7 Å². The molecule has 0 N–H and O–H groups in total. The fourth-order valence-corrected chi connectivity index (χ4v) is 2.72. The first-order chi connectivity index (χ1) is 14.6. The van der Waals surface area contributed by atoms with Crippen LogP contribution in [0.15, 0.2) is 61.3 Å². The molecule has 0 atom stereocenters. The van der Waals surface area contributed by atoms with Gasteiger partial charge in [0.25, 0.3) is 0 Å². The van der Waals surface area contributed by atoms with Crippen molar-refractivity contribution >= 4 is 0 Å². The van der Waals surface area contributed by atoms with Crippen LogP contribution in [-0.2, 0) is 7.05 Å². The van der Waals surface area contributed by atoms with Crippen LogP contribution in [0.2, 0.25) is 0 Å². The molecule has 3 heterocycles. The predicted octanol–water partition coefficient (Wildman–Crippen LogP) is 3.61. The van der Waals surface area contributed by atoms with Crippen LogP contribution in [0.1, 0.15) is 11.4 Å². The molecule has 1 aromatic carbocycles. The number of aromatic nitrogens is 5. The van der Waals surface area contributed by atoms with E-state index in [9.17, 15) is 4.39 Å². The van der Waals surface area contributed by atoms with E-state index in [4.69, 9.17) is 9.47 Å². The molecule has 7 nitrogen and oxygen atoms in total. The standard InChI is InChI=1S/C22H16FN5O2/c1-28-14-15(11-27-28)5-8-21-25-12-17(13-26-21)30-22-19(4-3-9-24-22)18-7-6-16(23)10-20(18)29-2/h3-4,6-7,9-14H,1-2H3. The van der Waals surface area contributed by atoms with Crippen LogP contribution in [0.5, 0.6) is 17.4 Å². The van der Waals surface area contributed by atoms with Crippen LogP contribution in [0.25, 0.3) is 11.1 Å². The Morgan fingerprint density at radius 2 is 1.83 bits per heavy atom. The molecule has 0 saturated heterocycles. The summed E-state index contributed by atoms with van der Waals surface area (Å²) in [6.45, 7) is 0. The average Bonchev–Trinajstić information content (AvgIpc) is 3.19. The molecule has 0 bridgehead atoms. The third-order valence-electron chi connectivity index (χ3n) is 4.09. The molecule has 0 aliphatic rings. The van der Waals surface area contributed by atoms with Crippen LogP contribution in [-0.4, -0.2) is 31.8 Å². The third-order valence-corrected chi connectivity index (χ3v) is 4.09. The van der Waals surface area contributed by atoms with Gasteiger partial charge < -0.3 is 9.47 Å². The largest absolute Gasteiger partial charge is 0.496 e. The molecule has 0 aliphatic heterocycles. The van der Waals surface area contributed by atoms with Crippen molar-refractivity contribution in [3.8, 4) is 40.3 Å². The van der Waals surface area contributed by atoms with Crippen LogP contribution >= 0.6 is 0 Å². The number of ether oxygens (including phenoxy) is 2. The van der Waals surface area contributed by atoms with Gasteiger partial charge in [-0.2, -0.15) is 5.10 Å². The highest BCUT2D eigenvalue weighted by Crippen LogP contribution is 2.36. The number of rotatable bonds is 4. The molecular formula is C22H16FN5O2. The molecule has 0 aliphatic carbocycles. The highest BCUT2D eigenvalue weighted by Gasteiger charge is 2.14. The van der Waals surface area contributed by atoms with Gasteiger partial charge in [0.1, 0.15) is 11.6 Å². The van der Waals surface area contributed by atoms with Crippen LogP contribution < -0.4 is 9.47 Å². The summed E-state index contributed by atoms with van der Waals surface area (Å²) >= 11 is 0. The van der Waals surface area contributed by atoms with Crippen molar-refractivity contribution in [1.29, 1.82) is 0 Å². The number of nitrogens with zero attached hydrogens (tertiary/aromatic N) is 5. The SMILES string of the molecule is COc1cc(F)ccc1-c1cccnc1Oc1cnc(C#Cc2cnn(C)c2)nc1. The normalized spacial score (nSPS) is 10.2. The molecule has 4 rings (SSSR count). The fraction of sp³-hybridized carbons (Fsp3) is 0.0909. The summed E-state index contributed by atoms with van der Waals surface area (Å²) in [5, 5.41) is 4.06. The molecule has 4 aromatic rings. The lowest BCUT2D eigenvalue weighted by Crippen LogP contribution is -1.96. The molecule has 0 unspecified atom stereocenters. The summed E-state index contributed by atoms with van der Waals surface area (Å²) in [7, 11) is 3.30. The Morgan fingerprint density at radius 3 is 2.57 bits per heavy atom. The first-order valence-electron chi connectivity index (χ1n) is 8.92. The van der Waals surface area contributed by atoms with Crippen molar-refractivity contribution in [2.24, 2.45) is 7.05 Å². The minimum absolute atomic E-state index is 0.320. The van der Waals surface area contributed by atoms with E-state index >= 15 is 0 Å². The maximum atomic E-state index is 13.5. The zero-order chi connectivity index (χ0) is 20.9. The topological polar surface area (TPSA) is 75.0 Å². The van der Waals surface area contributed by atoms with Gasteiger partial charge in [-0.1, -0.05) is 5.92 Å². The van der Waals surface area contributed by atoms with Gasteiger partial charge in [-0.3, -0.25) is 4.68 Å². The van der Waals surface area contributed by atoms with Gasteiger partial charge in [0.15, 0.2) is 5.75 Å². The summed E-state index contributed by atoms with van der Waals surface area (Å²) in [6.07, 6.45) is 8.10. The highest BCUT2D eigenvalue weighted by atomic mass is 19.1. The van der Waals surface area contributed by atoms with E-state index < -0.39 is 5.82 Å². The zero-order valence-electron chi connectivity index (χ0n) is 16.2.